The van der Waals surface area contributed by atoms with Gasteiger partial charge in [0.1, 0.15) is 11.5 Å². The third-order valence-corrected chi connectivity index (χ3v) is 6.98. The molecule has 0 atom stereocenters. The molecule has 1 aliphatic rings. The number of benzene rings is 2. The standard InChI is InChI=1S/C20H23ClN2O5S/c1-27-15-6-5-14(19(12-15)28-2)11-20(24)22-18-13-16(7-8-17(18)21)29(25,26)23-9-3-4-10-23/h5-8,12-13H,3-4,9-11H2,1-2H3,(H,22,24). The summed E-state index contributed by atoms with van der Waals surface area (Å²) in [6.07, 6.45) is 1.73. The van der Waals surface area contributed by atoms with Gasteiger partial charge in [0.15, 0.2) is 0 Å². The van der Waals surface area contributed by atoms with E-state index in [4.69, 9.17) is 21.1 Å². The normalized spacial score (nSPS) is 14.6. The molecule has 2 aromatic carbocycles. The molecule has 0 saturated carbocycles. The summed E-state index contributed by atoms with van der Waals surface area (Å²) in [6.45, 7) is 1.01. The van der Waals surface area contributed by atoms with Gasteiger partial charge in [-0.1, -0.05) is 17.7 Å². The SMILES string of the molecule is COc1ccc(CC(=O)Nc2cc(S(=O)(=O)N3CCCC3)ccc2Cl)c(OC)c1. The van der Waals surface area contributed by atoms with E-state index in [1.54, 1.807) is 25.3 Å². The molecule has 0 unspecified atom stereocenters. The molecule has 7 nitrogen and oxygen atoms in total. The molecule has 0 aromatic heterocycles. The van der Waals surface area contributed by atoms with Crippen LogP contribution in [0.2, 0.25) is 5.02 Å². The van der Waals surface area contributed by atoms with E-state index in [9.17, 15) is 13.2 Å². The first-order valence-electron chi connectivity index (χ1n) is 9.15. The Labute approximate surface area is 175 Å². The van der Waals surface area contributed by atoms with Gasteiger partial charge in [0, 0.05) is 24.7 Å². The van der Waals surface area contributed by atoms with Crippen molar-refractivity contribution >= 4 is 33.2 Å². The quantitative estimate of drug-likeness (QED) is 0.716. The van der Waals surface area contributed by atoms with Gasteiger partial charge in [-0.2, -0.15) is 4.31 Å². The van der Waals surface area contributed by atoms with Crippen molar-refractivity contribution in [1.82, 2.24) is 4.31 Å². The zero-order chi connectivity index (χ0) is 21.0. The van der Waals surface area contributed by atoms with Gasteiger partial charge in [-0.05, 0) is 37.1 Å². The summed E-state index contributed by atoms with van der Waals surface area (Å²) in [5, 5.41) is 2.97. The van der Waals surface area contributed by atoms with Gasteiger partial charge in [0.2, 0.25) is 15.9 Å². The van der Waals surface area contributed by atoms with Gasteiger partial charge < -0.3 is 14.8 Å². The van der Waals surface area contributed by atoms with Crippen molar-refractivity contribution in [3.8, 4) is 11.5 Å². The van der Waals surface area contributed by atoms with Crippen LogP contribution in [0, 0.1) is 0 Å². The van der Waals surface area contributed by atoms with E-state index in [0.29, 0.717) is 30.2 Å². The maximum absolute atomic E-state index is 12.8. The number of hydrogen-bond donors (Lipinski definition) is 1. The number of ether oxygens (including phenoxy) is 2. The van der Waals surface area contributed by atoms with Crippen LogP contribution in [0.25, 0.3) is 0 Å². The van der Waals surface area contributed by atoms with Gasteiger partial charge >= 0.3 is 0 Å². The summed E-state index contributed by atoms with van der Waals surface area (Å²) in [4.78, 5) is 12.7. The molecule has 0 radical (unpaired) electrons. The Morgan fingerprint density at radius 3 is 2.48 bits per heavy atom. The fourth-order valence-electron chi connectivity index (χ4n) is 3.20. The van der Waals surface area contributed by atoms with Gasteiger partial charge in [-0.15, -0.1) is 0 Å². The lowest BCUT2D eigenvalue weighted by Gasteiger charge is -2.17. The third-order valence-electron chi connectivity index (χ3n) is 4.76. The maximum Gasteiger partial charge on any atom is 0.243 e. The van der Waals surface area contributed by atoms with Gasteiger partial charge in [-0.25, -0.2) is 8.42 Å². The highest BCUT2D eigenvalue weighted by Crippen LogP contribution is 2.29. The number of carbonyl (C=O) groups excluding carboxylic acids is 1. The molecule has 0 bridgehead atoms. The fourth-order valence-corrected chi connectivity index (χ4v) is 4.91. The van der Waals surface area contributed by atoms with Crippen LogP contribution in [0.5, 0.6) is 11.5 Å². The molecule has 29 heavy (non-hydrogen) atoms. The second-order valence-corrected chi connectivity index (χ2v) is 9.00. The lowest BCUT2D eigenvalue weighted by atomic mass is 10.1. The van der Waals surface area contributed by atoms with Gasteiger partial charge in [0.25, 0.3) is 0 Å². The Bertz CT molecular complexity index is 1000. The summed E-state index contributed by atoms with van der Waals surface area (Å²) in [5.74, 6) is 0.802. The second kappa shape index (κ2) is 9.02. The Kier molecular flexibility index (Phi) is 6.66. The molecule has 1 heterocycles. The third kappa shape index (κ3) is 4.83. The topological polar surface area (TPSA) is 84.9 Å². The molecule has 1 aliphatic heterocycles. The number of halogens is 1. The highest BCUT2D eigenvalue weighted by atomic mass is 35.5. The molecular weight excluding hydrogens is 416 g/mol. The number of carbonyl (C=O) groups is 1. The van der Waals surface area contributed by atoms with Crippen LogP contribution in [0.15, 0.2) is 41.3 Å². The van der Waals surface area contributed by atoms with E-state index in [1.807, 2.05) is 0 Å². The average Bonchev–Trinajstić information content (AvgIpc) is 3.25. The zero-order valence-corrected chi connectivity index (χ0v) is 17.8. The van der Waals surface area contributed by atoms with E-state index in [-0.39, 0.29) is 27.9 Å². The first kappa shape index (κ1) is 21.4. The monoisotopic (exact) mass is 438 g/mol. The summed E-state index contributed by atoms with van der Waals surface area (Å²) in [5.41, 5.74) is 0.923. The number of anilines is 1. The Balaban J connectivity index is 1.79. The minimum atomic E-state index is -3.60. The first-order chi connectivity index (χ1) is 13.8. The van der Waals surface area contributed by atoms with Gasteiger partial charge in [0.05, 0.1) is 36.2 Å². The lowest BCUT2D eigenvalue weighted by Crippen LogP contribution is -2.28. The Morgan fingerprint density at radius 1 is 1.10 bits per heavy atom. The average molecular weight is 439 g/mol. The number of amides is 1. The summed E-state index contributed by atoms with van der Waals surface area (Å²) in [6, 6.07) is 9.51. The van der Waals surface area contributed by atoms with Crippen LogP contribution >= 0.6 is 11.6 Å². The Morgan fingerprint density at radius 2 is 1.83 bits per heavy atom. The summed E-state index contributed by atoms with van der Waals surface area (Å²) >= 11 is 6.19. The van der Waals surface area contributed by atoms with Crippen LogP contribution in [0.4, 0.5) is 5.69 Å². The van der Waals surface area contributed by atoms with Crippen LogP contribution in [-0.2, 0) is 21.2 Å². The highest BCUT2D eigenvalue weighted by Gasteiger charge is 2.27. The molecule has 1 amide bonds. The van der Waals surface area contributed by atoms with Crippen LogP contribution in [0.1, 0.15) is 18.4 Å². The van der Waals surface area contributed by atoms with E-state index in [0.717, 1.165) is 12.8 Å². The largest absolute Gasteiger partial charge is 0.497 e. The molecule has 0 aliphatic carbocycles. The van der Waals surface area contributed by atoms with Crippen molar-refractivity contribution in [3.63, 3.8) is 0 Å². The fraction of sp³-hybridized carbons (Fsp3) is 0.350. The number of hydrogen-bond acceptors (Lipinski definition) is 5. The zero-order valence-electron chi connectivity index (χ0n) is 16.3. The molecule has 9 heteroatoms. The number of rotatable bonds is 7. The van der Waals surface area contributed by atoms with Gasteiger partial charge in [-0.3, -0.25) is 4.79 Å². The second-order valence-electron chi connectivity index (χ2n) is 6.66. The number of nitrogens with zero attached hydrogens (tertiary/aromatic N) is 1. The molecule has 1 saturated heterocycles. The van der Waals surface area contributed by atoms with Crippen molar-refractivity contribution in [2.45, 2.75) is 24.2 Å². The first-order valence-corrected chi connectivity index (χ1v) is 11.0. The number of methoxy groups -OCH3 is 2. The van der Waals surface area contributed by atoms with Crippen LogP contribution < -0.4 is 14.8 Å². The van der Waals surface area contributed by atoms with E-state index < -0.39 is 10.0 Å². The Hall–Kier alpha value is -2.29. The predicted octanol–water partition coefficient (Wildman–Crippen LogP) is 3.32. The molecule has 3 rings (SSSR count). The number of nitrogens with one attached hydrogen (secondary N) is 1. The molecule has 2 aromatic rings. The highest BCUT2D eigenvalue weighted by molar-refractivity contribution is 7.89. The van der Waals surface area contributed by atoms with Crippen molar-refractivity contribution < 1.29 is 22.7 Å². The minimum absolute atomic E-state index is 0.0343. The van der Waals surface area contributed by atoms with E-state index in [2.05, 4.69) is 5.32 Å². The molecule has 1 N–H and O–H groups in total. The molecular formula is C20H23ClN2O5S. The lowest BCUT2D eigenvalue weighted by molar-refractivity contribution is -0.115. The van der Waals surface area contributed by atoms with Crippen molar-refractivity contribution in [1.29, 1.82) is 0 Å². The molecule has 1 fully saturated rings. The minimum Gasteiger partial charge on any atom is -0.497 e. The van der Waals surface area contributed by atoms with E-state index >= 15 is 0 Å². The van der Waals surface area contributed by atoms with Crippen LogP contribution in [0.3, 0.4) is 0 Å². The number of sulfonamides is 1. The summed E-state index contributed by atoms with van der Waals surface area (Å²) < 4.78 is 37.4. The molecule has 156 valence electrons. The smallest absolute Gasteiger partial charge is 0.243 e. The summed E-state index contributed by atoms with van der Waals surface area (Å²) in [7, 11) is -0.540. The van der Waals surface area contributed by atoms with Crippen LogP contribution in [-0.4, -0.2) is 45.9 Å². The van der Waals surface area contributed by atoms with E-state index in [1.165, 1.54) is 29.6 Å². The molecule has 0 spiro atoms. The van der Waals surface area contributed by atoms with Crippen molar-refractivity contribution in [2.24, 2.45) is 0 Å². The van der Waals surface area contributed by atoms with Crippen molar-refractivity contribution in [3.05, 3.63) is 47.0 Å². The van der Waals surface area contributed by atoms with Crippen molar-refractivity contribution in [2.75, 3.05) is 32.6 Å². The maximum atomic E-state index is 12.8. The predicted molar refractivity (Wildman–Crippen MR) is 111 cm³/mol.